The Morgan fingerprint density at radius 1 is 0.750 bits per heavy atom. The molecule has 0 fully saturated rings. The van der Waals surface area contributed by atoms with Crippen LogP contribution in [0.1, 0.15) is 0 Å². The molecule has 3 rings (SSSR count). The van der Waals surface area contributed by atoms with Crippen molar-refractivity contribution in [2.24, 2.45) is 0 Å². The van der Waals surface area contributed by atoms with Gasteiger partial charge in [0.1, 0.15) is 24.7 Å². The molecule has 2 aromatic carbocycles. The summed E-state index contributed by atoms with van der Waals surface area (Å²) in [7, 11) is 1.64. The summed E-state index contributed by atoms with van der Waals surface area (Å²) >= 11 is 0. The third-order valence-corrected chi connectivity index (χ3v) is 4.23. The third-order valence-electron chi connectivity index (χ3n) is 4.23. The van der Waals surface area contributed by atoms with Gasteiger partial charge in [0, 0.05) is 30.0 Å². The van der Waals surface area contributed by atoms with E-state index in [4.69, 9.17) is 18.9 Å². The predicted molar refractivity (Wildman–Crippen MR) is 103 cm³/mol. The molecule has 2 aromatic rings. The lowest BCUT2D eigenvalue weighted by molar-refractivity contribution is -0.137. The molecule has 0 radical (unpaired) electrons. The van der Waals surface area contributed by atoms with Crippen molar-refractivity contribution >= 4 is 22.6 Å². The summed E-state index contributed by atoms with van der Waals surface area (Å²) < 4.78 is 22.1. The van der Waals surface area contributed by atoms with E-state index in [9.17, 15) is 9.59 Å². The Bertz CT molecular complexity index is 845. The van der Waals surface area contributed by atoms with Crippen LogP contribution < -0.4 is 9.47 Å². The number of methoxy groups -OCH3 is 1. The topological polar surface area (TPSA) is 74.3 Å². The minimum absolute atomic E-state index is 0.237. The highest BCUT2D eigenvalue weighted by molar-refractivity contribution is 6.12. The van der Waals surface area contributed by atoms with Gasteiger partial charge in [-0.3, -0.25) is 14.5 Å². The van der Waals surface area contributed by atoms with E-state index in [0.29, 0.717) is 26.4 Å². The number of carbonyl (C=O) groups excluding carboxylic acids is 2. The normalized spacial score (nSPS) is 13.5. The first-order valence-electron chi connectivity index (χ1n) is 9.08. The lowest BCUT2D eigenvalue weighted by Crippen LogP contribution is -2.33. The van der Waals surface area contributed by atoms with Crippen LogP contribution >= 0.6 is 0 Å². The summed E-state index contributed by atoms with van der Waals surface area (Å²) in [5, 5.41) is 1.92. The van der Waals surface area contributed by atoms with Crippen LogP contribution in [0.25, 0.3) is 10.8 Å². The molecule has 7 nitrogen and oxygen atoms in total. The molecule has 0 atom stereocenters. The number of amides is 2. The van der Waals surface area contributed by atoms with Crippen molar-refractivity contribution in [1.29, 1.82) is 0 Å². The SMILES string of the molecule is COCCOc1cccc2c(OCCOCCN3C(=O)C=CC3=O)cccc12. The van der Waals surface area contributed by atoms with Gasteiger partial charge < -0.3 is 18.9 Å². The standard InChI is InChI=1S/C21H23NO6/c1-25-12-14-27-18-6-2-5-17-16(18)4-3-7-19(17)28-15-13-26-11-10-22-20(23)8-9-21(22)24/h2-9H,10-15H2,1H3. The Labute approximate surface area is 163 Å². The largest absolute Gasteiger partial charge is 0.491 e. The Morgan fingerprint density at radius 3 is 1.89 bits per heavy atom. The van der Waals surface area contributed by atoms with Crippen LogP contribution in [0.4, 0.5) is 0 Å². The smallest absolute Gasteiger partial charge is 0.253 e. The molecule has 0 spiro atoms. The summed E-state index contributed by atoms with van der Waals surface area (Å²) in [4.78, 5) is 24.0. The van der Waals surface area contributed by atoms with Gasteiger partial charge >= 0.3 is 0 Å². The molecule has 7 heteroatoms. The van der Waals surface area contributed by atoms with Crippen LogP contribution in [0, 0.1) is 0 Å². The van der Waals surface area contributed by atoms with Crippen molar-refractivity contribution in [3.8, 4) is 11.5 Å². The Balaban J connectivity index is 1.48. The van der Waals surface area contributed by atoms with Crippen LogP contribution in [0.2, 0.25) is 0 Å². The van der Waals surface area contributed by atoms with Crippen molar-refractivity contribution in [3.05, 3.63) is 48.6 Å². The van der Waals surface area contributed by atoms with Gasteiger partial charge in [-0.2, -0.15) is 0 Å². The molecular formula is C21H23NO6. The molecule has 0 aliphatic carbocycles. The van der Waals surface area contributed by atoms with E-state index in [1.165, 1.54) is 12.2 Å². The van der Waals surface area contributed by atoms with E-state index >= 15 is 0 Å². The van der Waals surface area contributed by atoms with E-state index in [0.717, 1.165) is 27.2 Å². The van der Waals surface area contributed by atoms with Crippen molar-refractivity contribution in [1.82, 2.24) is 4.90 Å². The number of nitrogens with zero attached hydrogens (tertiary/aromatic N) is 1. The third kappa shape index (κ3) is 4.88. The summed E-state index contributed by atoms with van der Waals surface area (Å²) in [6, 6.07) is 11.6. The fourth-order valence-corrected chi connectivity index (χ4v) is 2.86. The molecule has 1 aliphatic heterocycles. The maximum absolute atomic E-state index is 11.4. The van der Waals surface area contributed by atoms with Crippen LogP contribution in [-0.2, 0) is 19.1 Å². The molecule has 0 saturated carbocycles. The molecule has 0 saturated heterocycles. The van der Waals surface area contributed by atoms with Gasteiger partial charge in [0.05, 0.1) is 26.4 Å². The van der Waals surface area contributed by atoms with Crippen molar-refractivity contribution in [3.63, 3.8) is 0 Å². The number of hydrogen-bond donors (Lipinski definition) is 0. The van der Waals surface area contributed by atoms with Crippen LogP contribution in [0.5, 0.6) is 11.5 Å². The minimum Gasteiger partial charge on any atom is -0.491 e. The molecule has 0 bridgehead atoms. The lowest BCUT2D eigenvalue weighted by atomic mass is 10.1. The van der Waals surface area contributed by atoms with Crippen LogP contribution in [0.3, 0.4) is 0 Å². The zero-order chi connectivity index (χ0) is 19.8. The van der Waals surface area contributed by atoms with Crippen molar-refractivity contribution < 1.29 is 28.5 Å². The number of hydrogen-bond acceptors (Lipinski definition) is 6. The number of carbonyl (C=O) groups is 2. The number of rotatable bonds is 11. The Morgan fingerprint density at radius 2 is 1.32 bits per heavy atom. The summed E-state index contributed by atoms with van der Waals surface area (Å²) in [6.07, 6.45) is 2.53. The fraction of sp³-hybridized carbons (Fsp3) is 0.333. The first-order chi connectivity index (χ1) is 13.7. The number of fused-ring (bicyclic) bond motifs is 1. The van der Waals surface area contributed by atoms with E-state index in [1.54, 1.807) is 7.11 Å². The van der Waals surface area contributed by atoms with Gasteiger partial charge in [0.2, 0.25) is 0 Å². The second-order valence-corrected chi connectivity index (χ2v) is 6.07. The molecular weight excluding hydrogens is 362 g/mol. The molecule has 28 heavy (non-hydrogen) atoms. The Kier molecular flexibility index (Phi) is 7.00. The second kappa shape index (κ2) is 9.87. The van der Waals surface area contributed by atoms with E-state index in [2.05, 4.69) is 0 Å². The molecule has 0 aromatic heterocycles. The maximum atomic E-state index is 11.4. The van der Waals surface area contributed by atoms with Gasteiger partial charge in [-0.1, -0.05) is 24.3 Å². The van der Waals surface area contributed by atoms with E-state index in [1.807, 2.05) is 36.4 Å². The molecule has 1 heterocycles. The van der Waals surface area contributed by atoms with Gasteiger partial charge in [-0.15, -0.1) is 0 Å². The average molecular weight is 385 g/mol. The molecule has 0 N–H and O–H groups in total. The number of benzene rings is 2. The fourth-order valence-electron chi connectivity index (χ4n) is 2.86. The number of ether oxygens (including phenoxy) is 4. The zero-order valence-corrected chi connectivity index (χ0v) is 15.8. The van der Waals surface area contributed by atoms with Crippen molar-refractivity contribution in [2.75, 3.05) is 46.7 Å². The summed E-state index contributed by atoms with van der Waals surface area (Å²) in [5.74, 6) is 0.922. The second-order valence-electron chi connectivity index (χ2n) is 6.07. The first-order valence-corrected chi connectivity index (χ1v) is 9.08. The highest BCUT2D eigenvalue weighted by Crippen LogP contribution is 2.32. The summed E-state index contributed by atoms with van der Waals surface area (Å²) in [5.41, 5.74) is 0. The van der Waals surface area contributed by atoms with Crippen molar-refractivity contribution in [2.45, 2.75) is 0 Å². The lowest BCUT2D eigenvalue weighted by Gasteiger charge is -2.14. The highest BCUT2D eigenvalue weighted by atomic mass is 16.5. The molecule has 148 valence electrons. The Hall–Kier alpha value is -2.90. The maximum Gasteiger partial charge on any atom is 0.253 e. The first kappa shape index (κ1) is 19.9. The zero-order valence-electron chi connectivity index (χ0n) is 15.8. The van der Waals surface area contributed by atoms with Crippen LogP contribution in [-0.4, -0.2) is 63.4 Å². The van der Waals surface area contributed by atoms with Gasteiger partial charge in [0.25, 0.3) is 11.8 Å². The predicted octanol–water partition coefficient (Wildman–Crippen LogP) is 2.19. The quantitative estimate of drug-likeness (QED) is 0.436. The number of imide groups is 1. The van der Waals surface area contributed by atoms with Gasteiger partial charge in [0.15, 0.2) is 0 Å². The molecule has 0 unspecified atom stereocenters. The van der Waals surface area contributed by atoms with E-state index < -0.39 is 0 Å². The molecule has 2 amide bonds. The van der Waals surface area contributed by atoms with Gasteiger partial charge in [-0.25, -0.2) is 0 Å². The van der Waals surface area contributed by atoms with Crippen LogP contribution in [0.15, 0.2) is 48.6 Å². The van der Waals surface area contributed by atoms with E-state index in [-0.39, 0.29) is 25.0 Å². The van der Waals surface area contributed by atoms with Gasteiger partial charge in [-0.05, 0) is 12.1 Å². The summed E-state index contributed by atoms with van der Waals surface area (Å²) in [6.45, 7) is 2.22. The minimum atomic E-state index is -0.302. The average Bonchev–Trinajstić information content (AvgIpc) is 3.03. The molecule has 1 aliphatic rings. The monoisotopic (exact) mass is 385 g/mol. The highest BCUT2D eigenvalue weighted by Gasteiger charge is 2.22.